The van der Waals surface area contributed by atoms with E-state index in [1.807, 2.05) is 33.9 Å². The van der Waals surface area contributed by atoms with Gasteiger partial charge in [0.2, 0.25) is 0 Å². The van der Waals surface area contributed by atoms with Crippen LogP contribution in [0.25, 0.3) is 5.59 Å². The van der Waals surface area contributed by atoms with Crippen LogP contribution in [0.5, 0.6) is 0 Å². The van der Waals surface area contributed by atoms with Gasteiger partial charge >= 0.3 is 0 Å². The van der Waals surface area contributed by atoms with E-state index in [1.165, 1.54) is 0 Å². The van der Waals surface area contributed by atoms with E-state index in [9.17, 15) is 0 Å². The van der Waals surface area contributed by atoms with Crippen LogP contribution in [0.15, 0.2) is 0 Å². The Morgan fingerprint density at radius 2 is 0.462 bits per heavy atom. The molecule has 0 rings (SSSR count). The van der Waals surface area contributed by atoms with E-state index in [-0.39, 0.29) is 21.1 Å². The van der Waals surface area contributed by atoms with Crippen LogP contribution < -0.4 is 0 Å². The number of carbonyl (C=O) groups excluding carboxylic acids is 5. The first-order valence-electron chi connectivity index (χ1n) is 1.63. The van der Waals surface area contributed by atoms with Crippen molar-refractivity contribution >= 4 is 33.9 Å². The molecule has 0 aliphatic rings. The minimum absolute atomic E-state index is 0. The van der Waals surface area contributed by atoms with E-state index in [2.05, 4.69) is 0 Å². The van der Waals surface area contributed by atoms with E-state index in [1.54, 1.807) is 0 Å². The summed E-state index contributed by atoms with van der Waals surface area (Å²) in [6.07, 6.45) is 0. The van der Waals surface area contributed by atoms with Crippen molar-refractivity contribution in [3.05, 3.63) is 10.5 Å². The van der Waals surface area contributed by atoms with Gasteiger partial charge in [0.1, 0.15) is 33.9 Å². The zero-order valence-corrected chi connectivity index (χ0v) is 8.85. The molecule has 0 aliphatic heterocycles. The van der Waals surface area contributed by atoms with Crippen LogP contribution >= 0.6 is 0 Å². The number of rotatable bonds is 0. The monoisotopic (exact) mass is 278 g/mol. The van der Waals surface area contributed by atoms with Crippen LogP contribution in [0.1, 0.15) is 0 Å². The van der Waals surface area contributed by atoms with Crippen molar-refractivity contribution in [2.24, 2.45) is 0 Å². The van der Waals surface area contributed by atoms with Gasteiger partial charge < -0.3 is 34.5 Å². The molecule has 0 aliphatic carbocycles. The molecule has 0 aromatic carbocycles. The molecule has 0 amide bonds. The first-order valence-corrected chi connectivity index (χ1v) is 1.63. The van der Waals surface area contributed by atoms with E-state index < -0.39 is 0 Å². The molecule has 0 spiro atoms. The standard InChI is InChI=1S/5CH2O.Mo.NO/c5*1-2;;1-2/h5*1H2;;/q;;;;;;-1. The molecule has 0 radical (unpaired) electrons. The summed E-state index contributed by atoms with van der Waals surface area (Å²) in [6.45, 7) is 10.0. The second kappa shape index (κ2) is 533. The second-order valence-electron chi connectivity index (χ2n) is 0. The van der Waals surface area contributed by atoms with Crippen LogP contribution in [0.2, 0.25) is 0 Å². The fraction of sp³-hybridized carbons (Fsp3) is 0. The summed E-state index contributed by atoms with van der Waals surface area (Å²) in [5, 5.41) is 0. The van der Waals surface area contributed by atoms with Crippen LogP contribution in [-0.4, -0.2) is 33.9 Å². The second-order valence-corrected chi connectivity index (χ2v) is 0. The Balaban J connectivity index is -0.00000000655. The molecule has 0 N–H and O–H groups in total. The maximum atomic E-state index is 8.00. The minimum atomic E-state index is 0. The number of carbonyl (C=O) groups is 5. The third-order valence-electron chi connectivity index (χ3n) is 0. The van der Waals surface area contributed by atoms with Crippen molar-refractivity contribution in [3.8, 4) is 0 Å². The topological polar surface area (TPSA) is 125 Å². The fourth-order valence-corrected chi connectivity index (χ4v) is 0. The third kappa shape index (κ3) is 428. The van der Waals surface area contributed by atoms with Gasteiger partial charge in [0, 0.05) is 21.1 Å². The Morgan fingerprint density at radius 3 is 0.462 bits per heavy atom. The summed E-state index contributed by atoms with van der Waals surface area (Å²) in [5.41, 5.74) is 5.75. The zero-order chi connectivity index (χ0) is 12.0. The molecule has 0 aromatic rings. The quantitative estimate of drug-likeness (QED) is 0.543. The van der Waals surface area contributed by atoms with Crippen LogP contribution in [0.3, 0.4) is 0 Å². The van der Waals surface area contributed by atoms with Gasteiger partial charge in [0.05, 0.1) is 0 Å². The van der Waals surface area contributed by atoms with Gasteiger partial charge in [-0.1, -0.05) is 0 Å². The van der Waals surface area contributed by atoms with Gasteiger partial charge in [-0.05, 0) is 0 Å². The smallest absolute Gasteiger partial charge is 0.106 e. The number of nitrogens with zero attached hydrogens (tertiary/aromatic N) is 1. The van der Waals surface area contributed by atoms with Crippen molar-refractivity contribution in [1.29, 1.82) is 0 Å². The zero-order valence-electron chi connectivity index (χ0n) is 6.84. The van der Waals surface area contributed by atoms with E-state index >= 15 is 0 Å². The molecule has 7 nitrogen and oxygen atoms in total. The number of hydrogen-bond acceptors (Lipinski definition) is 6. The predicted octanol–water partition coefficient (Wildman–Crippen LogP) is -0.605. The van der Waals surface area contributed by atoms with Gasteiger partial charge in [-0.3, -0.25) is 0 Å². The molecular formula is C5H10MoNO6-. The number of nitroso groups, excluding NO2 is 1. The van der Waals surface area contributed by atoms with Crippen molar-refractivity contribution in [1.82, 2.24) is 0 Å². The summed E-state index contributed by atoms with van der Waals surface area (Å²) in [7, 11) is 0. The van der Waals surface area contributed by atoms with Crippen LogP contribution in [0, 0.1) is 4.91 Å². The van der Waals surface area contributed by atoms with Gasteiger partial charge in [-0.25, -0.2) is 0 Å². The number of hydrogen-bond donors (Lipinski definition) is 0. The molecule has 0 saturated heterocycles. The maximum Gasteiger partial charge on any atom is 0.106 e. The molecular weight excluding hydrogens is 266 g/mol. The van der Waals surface area contributed by atoms with Gasteiger partial charge in [0.25, 0.3) is 0 Å². The van der Waals surface area contributed by atoms with Crippen molar-refractivity contribution < 1.29 is 45.0 Å². The summed E-state index contributed by atoms with van der Waals surface area (Å²) in [5.74, 6) is 0. The Morgan fingerprint density at radius 1 is 0.462 bits per heavy atom. The normalized spacial score (nSPS) is 1.85. The molecule has 0 fully saturated rings. The first-order chi connectivity index (χ1) is 6.00. The average Bonchev–Trinajstić information content (AvgIpc) is 2.33. The summed E-state index contributed by atoms with van der Waals surface area (Å²) >= 11 is 0. The Labute approximate surface area is 89.9 Å². The van der Waals surface area contributed by atoms with E-state index in [0.29, 0.717) is 0 Å². The molecule has 0 heterocycles. The maximum absolute atomic E-state index is 8.00. The molecule has 0 atom stereocenters. The molecule has 0 unspecified atom stereocenters. The summed E-state index contributed by atoms with van der Waals surface area (Å²) in [4.78, 5) is 47.2. The fourth-order valence-electron chi connectivity index (χ4n) is 0. The van der Waals surface area contributed by atoms with Gasteiger partial charge in [0.15, 0.2) is 0 Å². The molecule has 0 aromatic heterocycles. The first kappa shape index (κ1) is 61.2. The van der Waals surface area contributed by atoms with Crippen molar-refractivity contribution in [2.75, 3.05) is 0 Å². The summed E-state index contributed by atoms with van der Waals surface area (Å²) in [6, 6.07) is 0. The van der Waals surface area contributed by atoms with Crippen LogP contribution in [0.4, 0.5) is 0 Å². The van der Waals surface area contributed by atoms with Gasteiger partial charge in [-0.2, -0.15) is 0 Å². The Kier molecular flexibility index (Phi) is 2510. The van der Waals surface area contributed by atoms with Gasteiger partial charge in [-0.15, -0.1) is 0 Å². The third-order valence-corrected chi connectivity index (χ3v) is 0. The van der Waals surface area contributed by atoms with Crippen molar-refractivity contribution in [2.45, 2.75) is 0 Å². The SMILES string of the molecule is C=O.C=O.C=O.C=O.C=O.[Mo].[N-]=O. The molecule has 0 bridgehead atoms. The minimum Gasteiger partial charge on any atom is -0.577 e. The predicted molar refractivity (Wildman–Crippen MR) is 42.3 cm³/mol. The molecule has 13 heavy (non-hydrogen) atoms. The summed E-state index contributed by atoms with van der Waals surface area (Å²) < 4.78 is 0. The van der Waals surface area contributed by atoms with Crippen LogP contribution in [-0.2, 0) is 45.0 Å². The Bertz CT molecular complexity index is 36.5. The Hall–Kier alpha value is -1.36. The largest absolute Gasteiger partial charge is 0.577 e. The van der Waals surface area contributed by atoms with Crippen molar-refractivity contribution in [3.63, 3.8) is 0 Å². The molecule has 8 heteroatoms. The molecule has 78 valence electrons. The van der Waals surface area contributed by atoms with E-state index in [4.69, 9.17) is 34.5 Å². The average molecular weight is 276 g/mol. The molecule has 0 saturated carbocycles. The van der Waals surface area contributed by atoms with E-state index in [0.717, 1.165) is 0 Å².